The average Bonchev–Trinajstić information content (AvgIpc) is 2.36. The Labute approximate surface area is 115 Å². The van der Waals surface area contributed by atoms with Crippen LogP contribution in [-0.2, 0) is 21.4 Å². The van der Waals surface area contributed by atoms with Crippen LogP contribution in [0.4, 0.5) is 5.69 Å². The number of rotatable bonds is 7. The molecule has 0 bridgehead atoms. The molecule has 0 saturated carbocycles. The molecule has 0 aliphatic rings. The maximum atomic E-state index is 11.8. The van der Waals surface area contributed by atoms with Crippen LogP contribution in [0.25, 0.3) is 0 Å². The molecule has 1 aromatic carbocycles. The lowest BCUT2D eigenvalue weighted by Crippen LogP contribution is -2.30. The Balaban J connectivity index is 2.88. The van der Waals surface area contributed by atoms with Gasteiger partial charge in [0, 0.05) is 25.2 Å². The van der Waals surface area contributed by atoms with Gasteiger partial charge in [-0.25, -0.2) is 12.7 Å². The Morgan fingerprint density at radius 1 is 1.40 bits per heavy atom. The second kappa shape index (κ2) is 6.44. The number of carboxylic acid groups (broad SMARTS) is 1. The summed E-state index contributed by atoms with van der Waals surface area (Å²) in [6.07, 6.45) is -0.510. The standard InChI is InChI=1S/C11H14N2O6S/c1-12(20(18,19)7-6-11(14)15)8-9-4-2-3-5-10(9)13(16)17/h2-5H,6-8H2,1H3,(H,14,15). The molecule has 1 aromatic rings. The van der Waals surface area contributed by atoms with Gasteiger partial charge in [0.1, 0.15) is 0 Å². The van der Waals surface area contributed by atoms with Crippen LogP contribution in [0.15, 0.2) is 24.3 Å². The number of aliphatic carboxylic acids is 1. The van der Waals surface area contributed by atoms with Crippen molar-refractivity contribution in [3.63, 3.8) is 0 Å². The molecule has 1 N–H and O–H groups in total. The summed E-state index contributed by atoms with van der Waals surface area (Å²) in [5.74, 6) is -1.76. The minimum atomic E-state index is -3.77. The summed E-state index contributed by atoms with van der Waals surface area (Å²) < 4.78 is 24.5. The Kier molecular flexibility index (Phi) is 5.17. The molecule has 110 valence electrons. The van der Waals surface area contributed by atoms with Gasteiger partial charge >= 0.3 is 5.97 Å². The molecule has 0 aliphatic carbocycles. The molecule has 9 heteroatoms. The van der Waals surface area contributed by atoms with Crippen LogP contribution in [-0.4, -0.2) is 41.5 Å². The first-order valence-corrected chi connectivity index (χ1v) is 7.23. The second-order valence-corrected chi connectivity index (χ2v) is 6.30. The van der Waals surface area contributed by atoms with E-state index in [2.05, 4.69) is 0 Å². The van der Waals surface area contributed by atoms with Crippen molar-refractivity contribution in [3.05, 3.63) is 39.9 Å². The summed E-state index contributed by atoms with van der Waals surface area (Å²) in [5, 5.41) is 19.3. The minimum Gasteiger partial charge on any atom is -0.481 e. The Bertz CT molecular complexity index is 613. The summed E-state index contributed by atoms with van der Waals surface area (Å²) in [6, 6.07) is 5.80. The molecule has 0 unspecified atom stereocenters. The molecule has 0 aliphatic heterocycles. The van der Waals surface area contributed by atoms with E-state index in [-0.39, 0.29) is 17.8 Å². The number of hydrogen-bond donors (Lipinski definition) is 1. The first-order valence-electron chi connectivity index (χ1n) is 5.62. The maximum absolute atomic E-state index is 11.8. The van der Waals surface area contributed by atoms with Gasteiger partial charge in [0.25, 0.3) is 5.69 Å². The number of benzene rings is 1. The second-order valence-electron chi connectivity index (χ2n) is 4.10. The van der Waals surface area contributed by atoms with Crippen LogP contribution in [0.5, 0.6) is 0 Å². The summed E-state index contributed by atoms with van der Waals surface area (Å²) in [5.41, 5.74) is 0.0756. The zero-order valence-electron chi connectivity index (χ0n) is 10.7. The van der Waals surface area contributed by atoms with E-state index in [0.717, 1.165) is 4.31 Å². The molecule has 8 nitrogen and oxygen atoms in total. The fourth-order valence-electron chi connectivity index (χ4n) is 1.53. The molecule has 0 spiro atoms. The molecule has 1 rings (SSSR count). The van der Waals surface area contributed by atoms with E-state index in [4.69, 9.17) is 5.11 Å². The molecule has 20 heavy (non-hydrogen) atoms. The number of nitrogens with zero attached hydrogens (tertiary/aromatic N) is 2. The largest absolute Gasteiger partial charge is 0.481 e. The molecule has 0 heterocycles. The van der Waals surface area contributed by atoms with Crippen molar-refractivity contribution in [2.24, 2.45) is 0 Å². The van der Waals surface area contributed by atoms with Crippen LogP contribution in [0.3, 0.4) is 0 Å². The van der Waals surface area contributed by atoms with Crippen LogP contribution in [0.2, 0.25) is 0 Å². The smallest absolute Gasteiger partial charge is 0.304 e. The van der Waals surface area contributed by atoms with Crippen molar-refractivity contribution in [3.8, 4) is 0 Å². The van der Waals surface area contributed by atoms with E-state index in [9.17, 15) is 23.3 Å². The lowest BCUT2D eigenvalue weighted by Gasteiger charge is -2.16. The zero-order valence-corrected chi connectivity index (χ0v) is 11.5. The predicted octanol–water partition coefficient (Wildman–Crippen LogP) is 0.831. The number of carbonyl (C=O) groups is 1. The zero-order chi connectivity index (χ0) is 15.3. The van der Waals surface area contributed by atoms with Gasteiger partial charge in [0.05, 0.1) is 17.1 Å². The van der Waals surface area contributed by atoms with Crippen molar-refractivity contribution < 1.29 is 23.2 Å². The van der Waals surface area contributed by atoms with Gasteiger partial charge in [0.2, 0.25) is 10.0 Å². The molecule has 0 atom stereocenters. The Hall–Kier alpha value is -2.00. The predicted molar refractivity (Wildman–Crippen MR) is 70.6 cm³/mol. The van der Waals surface area contributed by atoms with Gasteiger partial charge in [-0.3, -0.25) is 14.9 Å². The highest BCUT2D eigenvalue weighted by Gasteiger charge is 2.22. The quantitative estimate of drug-likeness (QED) is 0.588. The highest BCUT2D eigenvalue weighted by atomic mass is 32.2. The SMILES string of the molecule is CN(Cc1ccccc1[N+](=O)[O-])S(=O)(=O)CCC(=O)O. The summed E-state index contributed by atoms with van der Waals surface area (Å²) in [7, 11) is -2.51. The van der Waals surface area contributed by atoms with Crippen LogP contribution in [0.1, 0.15) is 12.0 Å². The van der Waals surface area contributed by atoms with E-state index in [1.165, 1.54) is 25.2 Å². The fourth-order valence-corrected chi connectivity index (χ4v) is 2.61. The number of carboxylic acids is 1. The van der Waals surface area contributed by atoms with Gasteiger partial charge < -0.3 is 5.11 Å². The third-order valence-electron chi connectivity index (χ3n) is 2.63. The van der Waals surface area contributed by atoms with Crippen molar-refractivity contribution in [2.45, 2.75) is 13.0 Å². The molecular weight excluding hydrogens is 288 g/mol. The number of nitro groups is 1. The van der Waals surface area contributed by atoms with Gasteiger partial charge in [-0.2, -0.15) is 0 Å². The van der Waals surface area contributed by atoms with Crippen LogP contribution < -0.4 is 0 Å². The van der Waals surface area contributed by atoms with E-state index >= 15 is 0 Å². The van der Waals surface area contributed by atoms with E-state index in [1.54, 1.807) is 6.07 Å². The van der Waals surface area contributed by atoms with Gasteiger partial charge in [-0.05, 0) is 0 Å². The van der Waals surface area contributed by atoms with Crippen LogP contribution >= 0.6 is 0 Å². The fraction of sp³-hybridized carbons (Fsp3) is 0.364. The summed E-state index contributed by atoms with van der Waals surface area (Å²) in [4.78, 5) is 20.6. The Morgan fingerprint density at radius 2 is 2.00 bits per heavy atom. The third-order valence-corrected chi connectivity index (χ3v) is 4.43. The molecule has 0 saturated heterocycles. The van der Waals surface area contributed by atoms with Crippen LogP contribution in [0, 0.1) is 10.1 Å². The van der Waals surface area contributed by atoms with Crippen molar-refractivity contribution >= 4 is 21.7 Å². The first-order chi connectivity index (χ1) is 9.24. The van der Waals surface area contributed by atoms with Crippen molar-refractivity contribution in [1.82, 2.24) is 4.31 Å². The maximum Gasteiger partial charge on any atom is 0.304 e. The van der Waals surface area contributed by atoms with E-state index in [1.807, 2.05) is 0 Å². The third kappa shape index (κ3) is 4.28. The topological polar surface area (TPSA) is 118 Å². The lowest BCUT2D eigenvalue weighted by molar-refractivity contribution is -0.385. The van der Waals surface area contributed by atoms with Gasteiger partial charge in [-0.15, -0.1) is 0 Å². The summed E-state index contributed by atoms with van der Waals surface area (Å²) in [6.45, 7) is -0.181. The highest BCUT2D eigenvalue weighted by Crippen LogP contribution is 2.20. The Morgan fingerprint density at radius 3 is 2.55 bits per heavy atom. The number of sulfonamides is 1. The monoisotopic (exact) mass is 302 g/mol. The highest BCUT2D eigenvalue weighted by molar-refractivity contribution is 7.89. The normalized spacial score (nSPS) is 11.5. The number of nitro benzene ring substituents is 1. The van der Waals surface area contributed by atoms with Gasteiger partial charge in [-0.1, -0.05) is 18.2 Å². The molecule has 0 aromatic heterocycles. The van der Waals surface area contributed by atoms with Crippen molar-refractivity contribution in [2.75, 3.05) is 12.8 Å². The molecule has 0 fully saturated rings. The summed E-state index contributed by atoms with van der Waals surface area (Å²) >= 11 is 0. The van der Waals surface area contributed by atoms with E-state index < -0.39 is 33.1 Å². The molecule has 0 radical (unpaired) electrons. The number of hydrogen-bond acceptors (Lipinski definition) is 5. The van der Waals surface area contributed by atoms with Gasteiger partial charge in [0.15, 0.2) is 0 Å². The number of para-hydroxylation sites is 1. The lowest BCUT2D eigenvalue weighted by atomic mass is 10.2. The molecule has 0 amide bonds. The minimum absolute atomic E-state index is 0.173. The average molecular weight is 302 g/mol. The van der Waals surface area contributed by atoms with E-state index in [0.29, 0.717) is 0 Å². The molecular formula is C11H14N2O6S. The van der Waals surface area contributed by atoms with Crippen molar-refractivity contribution in [1.29, 1.82) is 0 Å². The first kappa shape index (κ1) is 16.1.